The minimum absolute atomic E-state index is 0.0147. The van der Waals surface area contributed by atoms with E-state index in [2.05, 4.69) is 10.3 Å². The van der Waals surface area contributed by atoms with Gasteiger partial charge in [-0.1, -0.05) is 42.5 Å². The smallest absolute Gasteiger partial charge is 0.490 e. The van der Waals surface area contributed by atoms with Gasteiger partial charge in [0, 0.05) is 18.9 Å². The Bertz CT molecular complexity index is 976. The molecule has 0 aliphatic carbocycles. The highest BCUT2D eigenvalue weighted by molar-refractivity contribution is 5.79. The quantitative estimate of drug-likeness (QED) is 0.575. The summed E-state index contributed by atoms with van der Waals surface area (Å²) in [6.45, 7) is 0.637. The summed E-state index contributed by atoms with van der Waals surface area (Å²) in [6, 6.07) is 17.4. The summed E-state index contributed by atoms with van der Waals surface area (Å²) in [5.74, 6) is -1.99. The number of methoxy groups -OCH3 is 1. The monoisotopic (exact) mass is 449 g/mol. The number of hydrogen-bond acceptors (Lipinski definition) is 4. The van der Waals surface area contributed by atoms with E-state index in [-0.39, 0.29) is 11.9 Å². The van der Waals surface area contributed by atoms with Crippen molar-refractivity contribution in [3.63, 3.8) is 0 Å². The van der Waals surface area contributed by atoms with Crippen molar-refractivity contribution in [3.05, 3.63) is 84.4 Å². The molecule has 3 aromatic rings. The van der Waals surface area contributed by atoms with Gasteiger partial charge in [0.1, 0.15) is 5.75 Å². The van der Waals surface area contributed by atoms with Gasteiger partial charge in [0.25, 0.3) is 0 Å². The molecule has 1 amide bonds. The second kappa shape index (κ2) is 11.5. The predicted octanol–water partition coefficient (Wildman–Crippen LogP) is 3.63. The van der Waals surface area contributed by atoms with Crippen LogP contribution in [0.15, 0.2) is 73.3 Å². The summed E-state index contributed by atoms with van der Waals surface area (Å²) in [4.78, 5) is 25.5. The summed E-state index contributed by atoms with van der Waals surface area (Å²) in [7, 11) is 1.63. The number of rotatable bonds is 7. The largest absolute Gasteiger partial charge is 0.497 e. The summed E-state index contributed by atoms with van der Waals surface area (Å²) in [5.41, 5.74) is 2.02. The van der Waals surface area contributed by atoms with Crippen molar-refractivity contribution in [2.24, 2.45) is 0 Å². The second-order valence-corrected chi connectivity index (χ2v) is 6.62. The van der Waals surface area contributed by atoms with Crippen molar-refractivity contribution in [3.8, 4) is 5.75 Å². The lowest BCUT2D eigenvalue weighted by atomic mass is 10.1. The van der Waals surface area contributed by atoms with Crippen LogP contribution in [-0.4, -0.2) is 39.8 Å². The lowest BCUT2D eigenvalue weighted by Crippen LogP contribution is -2.32. The number of ether oxygens (including phenoxy) is 1. The van der Waals surface area contributed by atoms with Gasteiger partial charge in [-0.05, 0) is 23.3 Å². The number of nitrogens with one attached hydrogen (secondary N) is 1. The molecule has 0 spiro atoms. The van der Waals surface area contributed by atoms with Crippen molar-refractivity contribution in [1.29, 1.82) is 0 Å². The highest BCUT2D eigenvalue weighted by atomic mass is 19.4. The number of aromatic nitrogens is 2. The first-order valence-electron chi connectivity index (χ1n) is 9.42. The molecule has 1 atom stereocenters. The summed E-state index contributed by atoms with van der Waals surface area (Å²) in [6.07, 6.45) is 0.635. The molecular weight excluding hydrogens is 427 g/mol. The zero-order chi connectivity index (χ0) is 23.6. The van der Waals surface area contributed by atoms with E-state index in [9.17, 15) is 18.0 Å². The number of halogens is 3. The molecule has 10 heteroatoms. The van der Waals surface area contributed by atoms with Gasteiger partial charge in [-0.2, -0.15) is 13.2 Å². The third-order valence-electron chi connectivity index (χ3n) is 4.26. The Hall–Kier alpha value is -3.82. The topological polar surface area (TPSA) is 93.5 Å². The summed E-state index contributed by atoms with van der Waals surface area (Å²) < 4.78 is 38.8. The van der Waals surface area contributed by atoms with Crippen LogP contribution in [0.5, 0.6) is 5.75 Å². The second-order valence-electron chi connectivity index (χ2n) is 6.62. The molecular formula is C22H22F3N3O4. The standard InChI is InChI=1S/C20H21N3O2.C2HF3O2/c1-25-18-9-7-16(8-10-18)13-20(24)22-19(14-23-12-11-21-15-23)17-5-3-2-4-6-17;3-2(4,5)1(6)7/h2-12,15,19H,13-14H2,1H3,(H,22,24);(H,6,7). The van der Waals surface area contributed by atoms with Gasteiger partial charge >= 0.3 is 12.1 Å². The average molecular weight is 449 g/mol. The fourth-order valence-electron chi connectivity index (χ4n) is 2.70. The van der Waals surface area contributed by atoms with Crippen LogP contribution in [0.25, 0.3) is 0 Å². The maximum atomic E-state index is 12.5. The van der Waals surface area contributed by atoms with Crippen LogP contribution in [0.1, 0.15) is 17.2 Å². The van der Waals surface area contributed by atoms with E-state index in [4.69, 9.17) is 14.6 Å². The number of carboxylic acids is 1. The number of hydrogen-bond donors (Lipinski definition) is 2. The molecule has 0 aliphatic rings. The minimum Gasteiger partial charge on any atom is -0.497 e. The molecule has 2 N–H and O–H groups in total. The van der Waals surface area contributed by atoms with Gasteiger partial charge in [-0.25, -0.2) is 9.78 Å². The first kappa shape index (κ1) is 24.4. The summed E-state index contributed by atoms with van der Waals surface area (Å²) >= 11 is 0. The number of imidazole rings is 1. The average Bonchev–Trinajstić information content (AvgIpc) is 3.27. The number of carbonyl (C=O) groups is 2. The van der Waals surface area contributed by atoms with E-state index in [0.717, 1.165) is 16.9 Å². The zero-order valence-electron chi connectivity index (χ0n) is 17.1. The molecule has 0 aliphatic heterocycles. The van der Waals surface area contributed by atoms with E-state index in [0.29, 0.717) is 13.0 Å². The number of carboxylic acid groups (broad SMARTS) is 1. The Labute approximate surface area is 182 Å². The zero-order valence-corrected chi connectivity index (χ0v) is 17.1. The van der Waals surface area contributed by atoms with Crippen LogP contribution in [0, 0.1) is 0 Å². The molecule has 1 heterocycles. The maximum Gasteiger partial charge on any atom is 0.490 e. The number of alkyl halides is 3. The van der Waals surface area contributed by atoms with E-state index in [1.165, 1.54) is 0 Å². The minimum atomic E-state index is -5.08. The fourth-order valence-corrected chi connectivity index (χ4v) is 2.70. The van der Waals surface area contributed by atoms with Crippen molar-refractivity contribution < 1.29 is 32.6 Å². The van der Waals surface area contributed by atoms with Crippen LogP contribution in [0.4, 0.5) is 13.2 Å². The van der Waals surface area contributed by atoms with Gasteiger partial charge in [-0.15, -0.1) is 0 Å². The van der Waals surface area contributed by atoms with Gasteiger partial charge in [0.05, 0.1) is 25.9 Å². The number of carbonyl (C=O) groups excluding carboxylic acids is 1. The molecule has 1 aromatic heterocycles. The molecule has 0 radical (unpaired) electrons. The third-order valence-corrected chi connectivity index (χ3v) is 4.26. The molecule has 0 saturated heterocycles. The molecule has 1 unspecified atom stereocenters. The normalized spacial score (nSPS) is 11.6. The Balaban J connectivity index is 0.000000451. The SMILES string of the molecule is COc1ccc(CC(=O)NC(Cn2ccnc2)c2ccccc2)cc1.O=C(O)C(F)(F)F. The molecule has 0 fully saturated rings. The lowest BCUT2D eigenvalue weighted by Gasteiger charge is -2.20. The maximum absolute atomic E-state index is 12.5. The number of benzene rings is 2. The lowest BCUT2D eigenvalue weighted by molar-refractivity contribution is -0.192. The van der Waals surface area contributed by atoms with Crippen LogP contribution in [-0.2, 0) is 22.6 Å². The first-order chi connectivity index (χ1) is 15.2. The van der Waals surface area contributed by atoms with Gasteiger partial charge in [0.2, 0.25) is 5.91 Å². The van der Waals surface area contributed by atoms with Crippen molar-refractivity contribution in [2.45, 2.75) is 25.2 Å². The number of aliphatic carboxylic acids is 1. The highest BCUT2D eigenvalue weighted by Gasteiger charge is 2.38. The molecule has 0 bridgehead atoms. The molecule has 0 saturated carbocycles. The summed E-state index contributed by atoms with van der Waals surface area (Å²) in [5, 5.41) is 10.3. The molecule has 3 rings (SSSR count). The van der Waals surface area contributed by atoms with Gasteiger partial charge in [0.15, 0.2) is 0 Å². The fraction of sp³-hybridized carbons (Fsp3) is 0.227. The number of nitrogens with zero attached hydrogens (tertiary/aromatic N) is 2. The highest BCUT2D eigenvalue weighted by Crippen LogP contribution is 2.16. The van der Waals surface area contributed by atoms with Crippen LogP contribution in [0.2, 0.25) is 0 Å². The molecule has 170 valence electrons. The van der Waals surface area contributed by atoms with Crippen LogP contribution < -0.4 is 10.1 Å². The molecule has 7 nitrogen and oxygen atoms in total. The van der Waals surface area contributed by atoms with Gasteiger partial charge < -0.3 is 19.7 Å². The Kier molecular flexibility index (Phi) is 8.82. The van der Waals surface area contributed by atoms with Crippen LogP contribution in [0.3, 0.4) is 0 Å². The Morgan fingerprint density at radius 3 is 2.25 bits per heavy atom. The van der Waals surface area contributed by atoms with Crippen LogP contribution >= 0.6 is 0 Å². The van der Waals surface area contributed by atoms with Crippen molar-refractivity contribution >= 4 is 11.9 Å². The first-order valence-corrected chi connectivity index (χ1v) is 9.42. The van der Waals surface area contributed by atoms with Crippen molar-refractivity contribution in [1.82, 2.24) is 14.9 Å². The molecule has 2 aromatic carbocycles. The Morgan fingerprint density at radius 2 is 1.75 bits per heavy atom. The predicted molar refractivity (Wildman–Crippen MR) is 110 cm³/mol. The van der Waals surface area contributed by atoms with E-state index < -0.39 is 12.1 Å². The van der Waals surface area contributed by atoms with E-state index in [1.54, 1.807) is 19.6 Å². The third kappa shape index (κ3) is 8.13. The number of amides is 1. The van der Waals surface area contributed by atoms with Crippen molar-refractivity contribution in [2.75, 3.05) is 7.11 Å². The Morgan fingerprint density at radius 1 is 1.12 bits per heavy atom. The van der Waals surface area contributed by atoms with E-state index in [1.807, 2.05) is 65.4 Å². The van der Waals surface area contributed by atoms with E-state index >= 15 is 0 Å². The van der Waals surface area contributed by atoms with Gasteiger partial charge in [-0.3, -0.25) is 4.79 Å². The molecule has 32 heavy (non-hydrogen) atoms.